The molecular formula is C18H28N6O. The van der Waals surface area contributed by atoms with Gasteiger partial charge in [-0.3, -0.25) is 9.67 Å². The number of aryl methyl sites for hydroxylation is 3. The van der Waals surface area contributed by atoms with Crippen molar-refractivity contribution < 1.29 is 4.52 Å². The van der Waals surface area contributed by atoms with Crippen molar-refractivity contribution in [2.75, 3.05) is 26.7 Å². The standard InChI is InChI=1S/C18H28N6O/c1-13-17(14(2)25-22-13)5-7-20-18(19-3)24-8-6-15(12-24)9-16-10-21-23(4)11-16/h10-11,15H,5-9,12H2,1-4H3,(H,19,20). The van der Waals surface area contributed by atoms with E-state index in [4.69, 9.17) is 4.52 Å². The van der Waals surface area contributed by atoms with E-state index in [1.54, 1.807) is 0 Å². The first kappa shape index (κ1) is 17.5. The lowest BCUT2D eigenvalue weighted by atomic mass is 10.0. The zero-order chi connectivity index (χ0) is 17.8. The quantitative estimate of drug-likeness (QED) is 0.660. The van der Waals surface area contributed by atoms with Gasteiger partial charge >= 0.3 is 0 Å². The molecule has 1 N–H and O–H groups in total. The highest BCUT2D eigenvalue weighted by Gasteiger charge is 2.25. The lowest BCUT2D eigenvalue weighted by Crippen LogP contribution is -2.41. The van der Waals surface area contributed by atoms with Crippen LogP contribution in [0.4, 0.5) is 0 Å². The summed E-state index contributed by atoms with van der Waals surface area (Å²) in [4.78, 5) is 6.81. The van der Waals surface area contributed by atoms with E-state index < -0.39 is 0 Å². The van der Waals surface area contributed by atoms with Crippen LogP contribution in [0.5, 0.6) is 0 Å². The lowest BCUT2D eigenvalue weighted by molar-refractivity contribution is 0.392. The highest BCUT2D eigenvalue weighted by Crippen LogP contribution is 2.20. The van der Waals surface area contributed by atoms with E-state index >= 15 is 0 Å². The molecule has 3 heterocycles. The third kappa shape index (κ3) is 4.21. The van der Waals surface area contributed by atoms with Gasteiger partial charge in [-0.05, 0) is 44.6 Å². The second-order valence-corrected chi connectivity index (χ2v) is 6.85. The second kappa shape index (κ2) is 7.72. The minimum atomic E-state index is 0.658. The van der Waals surface area contributed by atoms with Gasteiger partial charge in [-0.1, -0.05) is 5.16 Å². The first-order valence-electron chi connectivity index (χ1n) is 8.91. The van der Waals surface area contributed by atoms with E-state index in [9.17, 15) is 0 Å². The van der Waals surface area contributed by atoms with E-state index in [0.29, 0.717) is 5.92 Å². The van der Waals surface area contributed by atoms with E-state index in [0.717, 1.165) is 49.9 Å². The van der Waals surface area contributed by atoms with Gasteiger partial charge in [-0.2, -0.15) is 5.10 Å². The van der Waals surface area contributed by atoms with Crippen LogP contribution in [0.3, 0.4) is 0 Å². The molecular weight excluding hydrogens is 316 g/mol. The van der Waals surface area contributed by atoms with Gasteiger partial charge in [0.05, 0.1) is 11.9 Å². The molecule has 2 aromatic rings. The highest BCUT2D eigenvalue weighted by atomic mass is 16.5. The highest BCUT2D eigenvalue weighted by molar-refractivity contribution is 5.80. The summed E-state index contributed by atoms with van der Waals surface area (Å²) in [6, 6.07) is 0. The zero-order valence-corrected chi connectivity index (χ0v) is 15.6. The van der Waals surface area contributed by atoms with Crippen molar-refractivity contribution in [1.82, 2.24) is 25.2 Å². The summed E-state index contributed by atoms with van der Waals surface area (Å²) in [5.74, 6) is 2.55. The number of nitrogens with zero attached hydrogens (tertiary/aromatic N) is 5. The first-order valence-corrected chi connectivity index (χ1v) is 8.91. The SMILES string of the molecule is CN=C(NCCc1c(C)noc1C)N1CCC(Cc2cnn(C)c2)C1. The first-order chi connectivity index (χ1) is 12.1. The van der Waals surface area contributed by atoms with Crippen molar-refractivity contribution in [3.05, 3.63) is 35.0 Å². The van der Waals surface area contributed by atoms with Gasteiger partial charge in [0.15, 0.2) is 5.96 Å². The monoisotopic (exact) mass is 344 g/mol. The summed E-state index contributed by atoms with van der Waals surface area (Å²) in [5, 5.41) is 11.8. The molecule has 0 spiro atoms. The van der Waals surface area contributed by atoms with Gasteiger partial charge in [-0.25, -0.2) is 0 Å². The Hall–Kier alpha value is -2.31. The summed E-state index contributed by atoms with van der Waals surface area (Å²) < 4.78 is 7.10. The van der Waals surface area contributed by atoms with Crippen LogP contribution in [0.2, 0.25) is 0 Å². The molecule has 0 bridgehead atoms. The van der Waals surface area contributed by atoms with Crippen molar-refractivity contribution in [3.63, 3.8) is 0 Å². The van der Waals surface area contributed by atoms with Gasteiger partial charge in [0.1, 0.15) is 5.76 Å². The third-order valence-corrected chi connectivity index (χ3v) is 4.92. The zero-order valence-electron chi connectivity index (χ0n) is 15.6. The molecule has 0 aliphatic carbocycles. The number of guanidine groups is 1. The number of aliphatic imine (C=N–C) groups is 1. The maximum Gasteiger partial charge on any atom is 0.193 e. The molecule has 3 rings (SSSR count). The lowest BCUT2D eigenvalue weighted by Gasteiger charge is -2.21. The Morgan fingerprint density at radius 2 is 2.28 bits per heavy atom. The fourth-order valence-corrected chi connectivity index (χ4v) is 3.59. The Labute approximate surface area is 149 Å². The van der Waals surface area contributed by atoms with Crippen molar-refractivity contribution in [3.8, 4) is 0 Å². The number of hydrogen-bond acceptors (Lipinski definition) is 4. The van der Waals surface area contributed by atoms with Crippen molar-refractivity contribution in [2.45, 2.75) is 33.1 Å². The number of likely N-dealkylation sites (tertiary alicyclic amines) is 1. The maximum absolute atomic E-state index is 5.23. The van der Waals surface area contributed by atoms with E-state index in [1.165, 1.54) is 17.5 Å². The van der Waals surface area contributed by atoms with Crippen LogP contribution in [0.15, 0.2) is 21.9 Å². The summed E-state index contributed by atoms with van der Waals surface area (Å²) in [6.45, 7) is 6.88. The fourth-order valence-electron chi connectivity index (χ4n) is 3.59. The molecule has 1 aliphatic heterocycles. The Kier molecular flexibility index (Phi) is 5.40. The average Bonchev–Trinajstić information content (AvgIpc) is 3.29. The van der Waals surface area contributed by atoms with Crippen molar-refractivity contribution in [2.24, 2.45) is 18.0 Å². The minimum absolute atomic E-state index is 0.658. The topological polar surface area (TPSA) is 71.5 Å². The summed E-state index contributed by atoms with van der Waals surface area (Å²) in [5.41, 5.74) is 3.49. The van der Waals surface area contributed by atoms with Gasteiger partial charge in [0, 0.05) is 45.5 Å². The summed E-state index contributed by atoms with van der Waals surface area (Å²) in [7, 11) is 3.82. The van der Waals surface area contributed by atoms with Crippen molar-refractivity contribution in [1.29, 1.82) is 0 Å². The summed E-state index contributed by atoms with van der Waals surface area (Å²) >= 11 is 0. The molecule has 1 atom stereocenters. The molecule has 1 fully saturated rings. The Bertz CT molecular complexity index is 712. The Balaban J connectivity index is 1.48. The van der Waals surface area contributed by atoms with Crippen LogP contribution >= 0.6 is 0 Å². The summed E-state index contributed by atoms with van der Waals surface area (Å²) in [6.07, 6.45) is 7.26. The van der Waals surface area contributed by atoms with Crippen LogP contribution in [-0.4, -0.2) is 52.5 Å². The number of rotatable bonds is 5. The molecule has 0 saturated carbocycles. The van der Waals surface area contributed by atoms with Crippen LogP contribution in [0.25, 0.3) is 0 Å². The maximum atomic E-state index is 5.23. The van der Waals surface area contributed by atoms with Crippen LogP contribution < -0.4 is 5.32 Å². The predicted octanol–water partition coefficient (Wildman–Crippen LogP) is 1.71. The number of nitrogens with one attached hydrogen (secondary N) is 1. The molecule has 7 heteroatoms. The average molecular weight is 344 g/mol. The predicted molar refractivity (Wildman–Crippen MR) is 97.6 cm³/mol. The molecule has 1 saturated heterocycles. The molecule has 2 aromatic heterocycles. The molecule has 136 valence electrons. The molecule has 1 unspecified atom stereocenters. The molecule has 0 amide bonds. The van der Waals surface area contributed by atoms with Gasteiger partial charge in [0.25, 0.3) is 0 Å². The van der Waals surface area contributed by atoms with Crippen molar-refractivity contribution >= 4 is 5.96 Å². The van der Waals surface area contributed by atoms with Crippen LogP contribution in [-0.2, 0) is 19.9 Å². The van der Waals surface area contributed by atoms with Crippen LogP contribution in [0, 0.1) is 19.8 Å². The number of aromatic nitrogens is 3. The normalized spacial score (nSPS) is 18.2. The van der Waals surface area contributed by atoms with E-state index in [1.807, 2.05) is 38.8 Å². The van der Waals surface area contributed by atoms with Gasteiger partial charge in [-0.15, -0.1) is 0 Å². The largest absolute Gasteiger partial charge is 0.361 e. The second-order valence-electron chi connectivity index (χ2n) is 6.85. The smallest absolute Gasteiger partial charge is 0.193 e. The molecule has 0 radical (unpaired) electrons. The van der Waals surface area contributed by atoms with Gasteiger partial charge in [0.2, 0.25) is 0 Å². The molecule has 0 aromatic carbocycles. The number of hydrogen-bond donors (Lipinski definition) is 1. The molecule has 25 heavy (non-hydrogen) atoms. The minimum Gasteiger partial charge on any atom is -0.361 e. The Morgan fingerprint density at radius 3 is 2.92 bits per heavy atom. The molecule has 7 nitrogen and oxygen atoms in total. The molecule has 1 aliphatic rings. The van der Waals surface area contributed by atoms with Crippen LogP contribution in [0.1, 0.15) is 29.0 Å². The third-order valence-electron chi connectivity index (χ3n) is 4.92. The van der Waals surface area contributed by atoms with Gasteiger partial charge < -0.3 is 14.7 Å². The fraction of sp³-hybridized carbons (Fsp3) is 0.611. The van der Waals surface area contributed by atoms with E-state index in [-0.39, 0.29) is 0 Å². The van der Waals surface area contributed by atoms with E-state index in [2.05, 4.69) is 31.7 Å². The Morgan fingerprint density at radius 1 is 1.44 bits per heavy atom.